The lowest BCUT2D eigenvalue weighted by Crippen LogP contribution is -2.43. The summed E-state index contributed by atoms with van der Waals surface area (Å²) in [4.78, 5) is 42.0. The van der Waals surface area contributed by atoms with Crippen molar-refractivity contribution in [3.63, 3.8) is 0 Å². The number of fused-ring (bicyclic) bond motifs is 1. The molecule has 8 heteroatoms. The van der Waals surface area contributed by atoms with E-state index in [1.807, 2.05) is 31.2 Å². The molecule has 2 aromatic heterocycles. The molecular weight excluding hydrogens is 402 g/mol. The van der Waals surface area contributed by atoms with Gasteiger partial charge in [-0.05, 0) is 35.9 Å². The smallest absolute Gasteiger partial charge is 0.339 e. The van der Waals surface area contributed by atoms with Crippen LogP contribution in [-0.2, 0) is 22.4 Å². The van der Waals surface area contributed by atoms with Gasteiger partial charge in [0.05, 0.1) is 16.0 Å². The summed E-state index contributed by atoms with van der Waals surface area (Å²) in [7, 11) is 0. The zero-order valence-corrected chi connectivity index (χ0v) is 17.7. The van der Waals surface area contributed by atoms with E-state index in [2.05, 4.69) is 17.8 Å². The first-order valence-corrected chi connectivity index (χ1v) is 10.6. The number of hydrogen-bond donors (Lipinski definition) is 2. The summed E-state index contributed by atoms with van der Waals surface area (Å²) in [5.41, 5.74) is 7.43. The molecule has 7 nitrogen and oxygen atoms in total. The first-order chi connectivity index (χ1) is 14.5. The molecule has 30 heavy (non-hydrogen) atoms. The van der Waals surface area contributed by atoms with E-state index in [-0.39, 0.29) is 0 Å². The molecular formula is C22H23N3O4S. The summed E-state index contributed by atoms with van der Waals surface area (Å²) in [6.45, 7) is 3.52. The highest BCUT2D eigenvalue weighted by Gasteiger charge is 2.21. The summed E-state index contributed by atoms with van der Waals surface area (Å²) in [6, 6.07) is 10.8. The fraction of sp³-hybridized carbons (Fsp3) is 0.273. The third-order valence-electron chi connectivity index (χ3n) is 4.52. The SMILES string of the molecule is CCCc1nc2ccccc2c(C(=O)OCC(=O)NNC(=O)c2cccs2)c1CC. The minimum Gasteiger partial charge on any atom is -0.452 e. The van der Waals surface area contributed by atoms with Crippen molar-refractivity contribution in [1.29, 1.82) is 0 Å². The van der Waals surface area contributed by atoms with Crippen LogP contribution < -0.4 is 10.9 Å². The number of rotatable bonds is 7. The minimum absolute atomic E-state index is 0.428. The molecule has 0 saturated carbocycles. The van der Waals surface area contributed by atoms with E-state index in [0.717, 1.165) is 29.6 Å². The third kappa shape index (κ3) is 4.83. The first kappa shape index (κ1) is 21.4. The Labute approximate surface area is 178 Å². The molecule has 0 spiro atoms. The molecule has 1 aromatic carbocycles. The number of benzene rings is 1. The lowest BCUT2D eigenvalue weighted by Gasteiger charge is -2.15. The van der Waals surface area contributed by atoms with Crippen LogP contribution in [0.3, 0.4) is 0 Å². The number of para-hydroxylation sites is 1. The molecule has 0 aliphatic heterocycles. The van der Waals surface area contributed by atoms with Crippen molar-refractivity contribution in [2.24, 2.45) is 0 Å². The van der Waals surface area contributed by atoms with E-state index < -0.39 is 24.4 Å². The molecule has 0 bridgehead atoms. The van der Waals surface area contributed by atoms with Gasteiger partial charge in [0.15, 0.2) is 6.61 Å². The standard InChI is InChI=1S/C22H23N3O4S/c1-3-8-16-14(4-2)20(15-9-5-6-10-17(15)23-16)22(28)29-13-19(26)24-25-21(27)18-11-7-12-30-18/h5-7,9-12H,3-4,8,13H2,1-2H3,(H,24,26)(H,25,27). The molecule has 2 heterocycles. The lowest BCUT2D eigenvalue weighted by molar-refractivity contribution is -0.125. The quantitative estimate of drug-likeness (QED) is 0.446. The van der Waals surface area contributed by atoms with E-state index in [4.69, 9.17) is 9.72 Å². The Bertz CT molecular complexity index is 1060. The second-order valence-corrected chi connectivity index (χ2v) is 7.54. The number of pyridine rings is 1. The Hall–Kier alpha value is -3.26. The van der Waals surface area contributed by atoms with E-state index in [1.54, 1.807) is 17.5 Å². The Balaban J connectivity index is 1.73. The van der Waals surface area contributed by atoms with Gasteiger partial charge in [0.25, 0.3) is 11.8 Å². The third-order valence-corrected chi connectivity index (χ3v) is 5.39. The summed E-state index contributed by atoms with van der Waals surface area (Å²) in [6.07, 6.45) is 2.28. The monoisotopic (exact) mass is 425 g/mol. The molecule has 0 fully saturated rings. The number of nitrogens with one attached hydrogen (secondary N) is 2. The van der Waals surface area contributed by atoms with Crippen molar-refractivity contribution in [3.05, 3.63) is 63.5 Å². The minimum atomic E-state index is -0.626. The number of hydrogen-bond acceptors (Lipinski definition) is 6. The number of amides is 2. The summed E-state index contributed by atoms with van der Waals surface area (Å²) in [5.74, 6) is -1.64. The molecule has 0 saturated heterocycles. The molecule has 156 valence electrons. The van der Waals surface area contributed by atoms with Gasteiger partial charge in [-0.25, -0.2) is 4.79 Å². The van der Waals surface area contributed by atoms with Crippen molar-refractivity contribution in [2.75, 3.05) is 6.61 Å². The van der Waals surface area contributed by atoms with Crippen LogP contribution in [0.15, 0.2) is 41.8 Å². The van der Waals surface area contributed by atoms with Gasteiger partial charge >= 0.3 is 5.97 Å². The Morgan fingerprint density at radius 1 is 1.07 bits per heavy atom. The molecule has 0 unspecified atom stereocenters. The van der Waals surface area contributed by atoms with Gasteiger partial charge in [-0.3, -0.25) is 25.4 Å². The van der Waals surface area contributed by atoms with Gasteiger partial charge in [-0.2, -0.15) is 0 Å². The topological polar surface area (TPSA) is 97.4 Å². The van der Waals surface area contributed by atoms with Crippen LogP contribution in [0, 0.1) is 0 Å². The van der Waals surface area contributed by atoms with Crippen LogP contribution in [-0.4, -0.2) is 29.4 Å². The summed E-state index contributed by atoms with van der Waals surface area (Å²) < 4.78 is 5.27. The van der Waals surface area contributed by atoms with Crippen molar-refractivity contribution >= 4 is 40.0 Å². The summed E-state index contributed by atoms with van der Waals surface area (Å²) in [5, 5.41) is 2.46. The lowest BCUT2D eigenvalue weighted by atomic mass is 9.96. The average molecular weight is 426 g/mol. The number of aryl methyl sites for hydroxylation is 1. The highest BCUT2D eigenvalue weighted by atomic mass is 32.1. The highest BCUT2D eigenvalue weighted by molar-refractivity contribution is 7.12. The van der Waals surface area contributed by atoms with Crippen molar-refractivity contribution in [1.82, 2.24) is 15.8 Å². The Morgan fingerprint density at radius 3 is 2.57 bits per heavy atom. The number of ether oxygens (including phenoxy) is 1. The molecule has 3 rings (SSSR count). The normalized spacial score (nSPS) is 10.6. The van der Waals surface area contributed by atoms with Crippen LogP contribution in [0.1, 0.15) is 51.6 Å². The van der Waals surface area contributed by atoms with E-state index in [1.165, 1.54) is 11.3 Å². The molecule has 3 aromatic rings. The van der Waals surface area contributed by atoms with Crippen molar-refractivity contribution in [2.45, 2.75) is 33.1 Å². The van der Waals surface area contributed by atoms with Gasteiger partial charge in [-0.15, -0.1) is 11.3 Å². The predicted octanol–water partition coefficient (Wildman–Crippen LogP) is 3.43. The predicted molar refractivity (Wildman–Crippen MR) is 115 cm³/mol. The maximum absolute atomic E-state index is 12.9. The number of nitrogens with zero attached hydrogens (tertiary/aromatic N) is 1. The van der Waals surface area contributed by atoms with Crippen molar-refractivity contribution < 1.29 is 19.1 Å². The maximum atomic E-state index is 12.9. The van der Waals surface area contributed by atoms with E-state index >= 15 is 0 Å². The number of thiophene rings is 1. The zero-order valence-electron chi connectivity index (χ0n) is 16.9. The van der Waals surface area contributed by atoms with Crippen LogP contribution in [0.5, 0.6) is 0 Å². The van der Waals surface area contributed by atoms with Crippen LogP contribution in [0.4, 0.5) is 0 Å². The van der Waals surface area contributed by atoms with Gasteiger partial charge in [-0.1, -0.05) is 44.5 Å². The Kier molecular flexibility index (Phi) is 7.13. The Morgan fingerprint density at radius 2 is 1.87 bits per heavy atom. The first-order valence-electron chi connectivity index (χ1n) is 9.75. The van der Waals surface area contributed by atoms with Gasteiger partial charge in [0.2, 0.25) is 0 Å². The molecule has 0 aliphatic rings. The van der Waals surface area contributed by atoms with Gasteiger partial charge < -0.3 is 4.74 Å². The van der Waals surface area contributed by atoms with E-state index in [9.17, 15) is 14.4 Å². The summed E-state index contributed by atoms with van der Waals surface area (Å²) >= 11 is 1.25. The zero-order chi connectivity index (χ0) is 21.5. The van der Waals surface area contributed by atoms with Crippen LogP contribution in [0.25, 0.3) is 10.9 Å². The number of hydrazine groups is 1. The molecule has 0 atom stereocenters. The van der Waals surface area contributed by atoms with Crippen LogP contribution >= 0.6 is 11.3 Å². The molecule has 0 aliphatic carbocycles. The second-order valence-electron chi connectivity index (χ2n) is 6.59. The number of carbonyl (C=O) groups excluding carboxylic acids is 3. The van der Waals surface area contributed by atoms with Gasteiger partial charge in [0, 0.05) is 11.1 Å². The average Bonchev–Trinajstić information content (AvgIpc) is 3.30. The van der Waals surface area contributed by atoms with Gasteiger partial charge in [0.1, 0.15) is 0 Å². The second kappa shape index (κ2) is 9.98. The molecule has 0 radical (unpaired) electrons. The number of esters is 1. The van der Waals surface area contributed by atoms with Crippen LogP contribution in [0.2, 0.25) is 0 Å². The largest absolute Gasteiger partial charge is 0.452 e. The van der Waals surface area contributed by atoms with E-state index in [0.29, 0.717) is 22.2 Å². The number of aromatic nitrogens is 1. The maximum Gasteiger partial charge on any atom is 0.339 e. The molecule has 2 amide bonds. The molecule has 2 N–H and O–H groups in total. The fourth-order valence-electron chi connectivity index (χ4n) is 3.20. The van der Waals surface area contributed by atoms with Crippen molar-refractivity contribution in [3.8, 4) is 0 Å². The number of carbonyl (C=O) groups is 3. The fourth-order valence-corrected chi connectivity index (χ4v) is 3.81. The highest BCUT2D eigenvalue weighted by Crippen LogP contribution is 2.26.